The van der Waals surface area contributed by atoms with E-state index in [4.69, 9.17) is 4.42 Å². The monoisotopic (exact) mass is 947 g/mol. The number of benzene rings is 7. The van der Waals surface area contributed by atoms with Gasteiger partial charge in [0.15, 0.2) is 0 Å². The number of anilines is 4. The fourth-order valence-corrected chi connectivity index (χ4v) is 16.2. The molecule has 3 nitrogen and oxygen atoms in total. The highest BCUT2D eigenvalue weighted by atomic mass is 32.1. The van der Waals surface area contributed by atoms with E-state index in [1.807, 2.05) is 11.3 Å². The van der Waals surface area contributed by atoms with Crippen molar-refractivity contribution in [2.24, 2.45) is 0 Å². The molecule has 1 saturated carbocycles. The Kier molecular flexibility index (Phi) is 9.52. The van der Waals surface area contributed by atoms with Gasteiger partial charge in [0, 0.05) is 70.5 Å². The average Bonchev–Trinajstić information content (AvgIpc) is 4.01. The van der Waals surface area contributed by atoms with Crippen molar-refractivity contribution in [1.82, 2.24) is 0 Å². The van der Waals surface area contributed by atoms with Crippen LogP contribution in [0.3, 0.4) is 0 Å². The number of hydrogen-bond acceptors (Lipinski definition) is 4. The highest BCUT2D eigenvalue weighted by Gasteiger charge is 2.63. The minimum absolute atomic E-state index is 0.0000684. The van der Waals surface area contributed by atoms with Crippen LogP contribution in [0.15, 0.2) is 120 Å². The molecule has 2 aromatic heterocycles. The Hall–Kier alpha value is -5.78. The Labute approximate surface area is 425 Å². The molecule has 356 valence electrons. The van der Waals surface area contributed by atoms with Crippen LogP contribution in [0.5, 0.6) is 0 Å². The largest absolute Gasteiger partial charge is 0.456 e. The van der Waals surface area contributed by atoms with Gasteiger partial charge in [-0.3, -0.25) is 0 Å². The summed E-state index contributed by atoms with van der Waals surface area (Å²) in [6, 6.07) is 45.8. The molecule has 1 fully saturated rings. The molecule has 3 aliphatic heterocycles. The summed E-state index contributed by atoms with van der Waals surface area (Å²) in [5.41, 5.74) is 23.1. The lowest BCUT2D eigenvalue weighted by atomic mass is 9.42. The van der Waals surface area contributed by atoms with Crippen LogP contribution in [0, 0.1) is 0 Å². The van der Waals surface area contributed by atoms with Gasteiger partial charge >= 0.3 is 6.85 Å². The van der Waals surface area contributed by atoms with E-state index >= 15 is 0 Å². The van der Waals surface area contributed by atoms with E-state index < -0.39 is 0 Å². The van der Waals surface area contributed by atoms with Gasteiger partial charge in [-0.15, -0.1) is 11.3 Å². The molecule has 0 saturated heterocycles. The molecule has 0 amide bonds. The molecular weight excluding hydrogens is 880 g/mol. The lowest BCUT2D eigenvalue weighted by Gasteiger charge is -2.55. The number of thiophene rings is 1. The van der Waals surface area contributed by atoms with E-state index in [1.54, 1.807) is 5.56 Å². The molecule has 0 N–H and O–H groups in total. The Bertz CT molecular complexity index is 3710. The van der Waals surface area contributed by atoms with E-state index in [9.17, 15) is 0 Å². The van der Waals surface area contributed by atoms with Crippen molar-refractivity contribution >= 4 is 94.0 Å². The number of para-hydroxylation sites is 1. The molecule has 71 heavy (non-hydrogen) atoms. The summed E-state index contributed by atoms with van der Waals surface area (Å²) in [6.45, 7) is 19.9. The third-order valence-corrected chi connectivity index (χ3v) is 20.3. The first-order valence-corrected chi connectivity index (χ1v) is 28.1. The lowest BCUT2D eigenvalue weighted by molar-refractivity contribution is 0.199. The van der Waals surface area contributed by atoms with Crippen LogP contribution in [0.1, 0.15) is 147 Å². The van der Waals surface area contributed by atoms with Gasteiger partial charge in [0.2, 0.25) is 0 Å². The maximum atomic E-state index is 7.20. The van der Waals surface area contributed by atoms with Crippen LogP contribution in [0.2, 0.25) is 0 Å². The summed E-state index contributed by atoms with van der Waals surface area (Å²) >= 11 is 2.00. The van der Waals surface area contributed by atoms with Crippen LogP contribution in [-0.4, -0.2) is 12.4 Å². The number of unbranched alkanes of at least 4 members (excludes halogenated alkanes) is 2. The van der Waals surface area contributed by atoms with Gasteiger partial charge in [-0.2, -0.15) is 0 Å². The van der Waals surface area contributed by atoms with Gasteiger partial charge in [-0.05, 0) is 161 Å². The van der Waals surface area contributed by atoms with E-state index in [2.05, 4.69) is 180 Å². The molecule has 0 radical (unpaired) electrons. The number of aryl methyl sites for hydroxylation is 2. The molecule has 7 aromatic carbocycles. The van der Waals surface area contributed by atoms with Gasteiger partial charge in [0.25, 0.3) is 0 Å². The quantitative estimate of drug-likeness (QED) is 0.142. The molecule has 5 heteroatoms. The van der Waals surface area contributed by atoms with Gasteiger partial charge < -0.3 is 14.1 Å². The number of furan rings is 1. The zero-order valence-electron chi connectivity index (χ0n) is 43.2. The maximum absolute atomic E-state index is 7.20. The second kappa shape index (κ2) is 15.4. The Morgan fingerprint density at radius 1 is 0.577 bits per heavy atom. The van der Waals surface area contributed by atoms with E-state index in [0.717, 1.165) is 24.0 Å². The normalized spacial score (nSPS) is 21.2. The molecule has 2 aliphatic carbocycles. The molecule has 2 unspecified atom stereocenters. The van der Waals surface area contributed by atoms with Crippen LogP contribution >= 0.6 is 11.3 Å². The Balaban J connectivity index is 1.18. The minimum Gasteiger partial charge on any atom is -0.456 e. The van der Waals surface area contributed by atoms with Crippen molar-refractivity contribution in [1.29, 1.82) is 0 Å². The highest BCUT2D eigenvalue weighted by molar-refractivity contribution is 7.26. The molecule has 5 aliphatic rings. The molecule has 0 spiro atoms. The summed E-state index contributed by atoms with van der Waals surface area (Å²) in [5.74, 6) is 0. The predicted octanol–water partition coefficient (Wildman–Crippen LogP) is 17.6. The third kappa shape index (κ3) is 5.96. The zero-order chi connectivity index (χ0) is 48.3. The number of hydrogen-bond donors (Lipinski definition) is 0. The van der Waals surface area contributed by atoms with Gasteiger partial charge in [-0.1, -0.05) is 141 Å². The SMILES string of the molecule is CCCCc1ccc(N2c3cc4oc5ccccc5c4c4c3B(c3ccc5sc6cc7c(cc6c5c32)C(C)(C)CCC7(C)C)N2c3c-4cc(CCCC)cc3C3(C)CCCCC23C)c(-c2ccccc2)c1. The second-order valence-electron chi connectivity index (χ2n) is 24.2. The van der Waals surface area contributed by atoms with Crippen molar-refractivity contribution in [2.75, 3.05) is 9.71 Å². The van der Waals surface area contributed by atoms with E-state index in [-0.39, 0.29) is 28.6 Å². The standard InChI is InChI=1S/C66H67BN2OS/c1-9-11-20-40-26-28-51(44(34-40)42-22-14-13-15-23-42)68-52-39-54-57(43-24-16-17-25-53(43)70-54)59-46-35-41(21-12-10-2)36-49-61(46)69(66(8)31-19-18-30-65(49,66)7)67(60(52)59)50-27-29-55-58(62(50)68)45-37-47-48(38-56(45)71-55)64(5,6)33-32-63(47,3)4/h13-17,22-29,34-39H,9-12,18-21,30-33H2,1-8H3. The summed E-state index contributed by atoms with van der Waals surface area (Å²) in [5, 5.41) is 5.28. The molecule has 5 heterocycles. The van der Waals surface area contributed by atoms with Crippen LogP contribution in [-0.2, 0) is 29.1 Å². The summed E-state index contributed by atoms with van der Waals surface area (Å²) in [6.07, 6.45) is 14.2. The summed E-state index contributed by atoms with van der Waals surface area (Å²) in [7, 11) is 0. The van der Waals surface area contributed by atoms with E-state index in [0.29, 0.717) is 0 Å². The maximum Gasteiger partial charge on any atom is 0.328 e. The fourth-order valence-electron chi connectivity index (χ4n) is 15.0. The lowest BCUT2D eigenvalue weighted by Crippen LogP contribution is -2.70. The van der Waals surface area contributed by atoms with Crippen molar-refractivity contribution in [3.8, 4) is 22.3 Å². The molecule has 14 rings (SSSR count). The molecule has 0 bridgehead atoms. The minimum atomic E-state index is -0.0886. The van der Waals surface area contributed by atoms with Gasteiger partial charge in [0.1, 0.15) is 11.2 Å². The first kappa shape index (κ1) is 44.0. The average molecular weight is 947 g/mol. The first-order valence-electron chi connectivity index (χ1n) is 27.3. The zero-order valence-corrected chi connectivity index (χ0v) is 44.1. The van der Waals surface area contributed by atoms with Crippen LogP contribution in [0.25, 0.3) is 64.4 Å². The smallest absolute Gasteiger partial charge is 0.328 e. The summed E-state index contributed by atoms with van der Waals surface area (Å²) in [4.78, 5) is 5.80. The van der Waals surface area contributed by atoms with Crippen molar-refractivity contribution in [3.63, 3.8) is 0 Å². The Morgan fingerprint density at radius 2 is 1.30 bits per heavy atom. The number of fused-ring (bicyclic) bond motifs is 16. The molecule has 9 aromatic rings. The van der Waals surface area contributed by atoms with E-state index in [1.165, 1.54) is 173 Å². The van der Waals surface area contributed by atoms with Gasteiger partial charge in [0.05, 0.1) is 11.4 Å². The fraction of sp³-hybridized carbons (Fsp3) is 0.364. The van der Waals surface area contributed by atoms with Crippen LogP contribution in [0.4, 0.5) is 22.7 Å². The first-order chi connectivity index (χ1) is 34.3. The predicted molar refractivity (Wildman–Crippen MR) is 306 cm³/mol. The third-order valence-electron chi connectivity index (χ3n) is 19.2. The number of nitrogens with zero attached hydrogens (tertiary/aromatic N) is 2. The van der Waals surface area contributed by atoms with Gasteiger partial charge in [-0.25, -0.2) is 0 Å². The second-order valence-corrected chi connectivity index (χ2v) is 25.3. The van der Waals surface area contributed by atoms with Crippen LogP contribution < -0.4 is 20.6 Å². The van der Waals surface area contributed by atoms with Crippen molar-refractivity contribution in [2.45, 2.75) is 154 Å². The molecular formula is C66H67BN2OS. The highest BCUT2D eigenvalue weighted by Crippen LogP contribution is 2.65. The number of rotatable bonds is 8. The topological polar surface area (TPSA) is 19.6 Å². The summed E-state index contributed by atoms with van der Waals surface area (Å²) < 4.78 is 9.96. The Morgan fingerprint density at radius 3 is 2.08 bits per heavy atom. The van der Waals surface area contributed by atoms with Crippen molar-refractivity contribution < 1.29 is 4.42 Å². The molecule has 2 atom stereocenters. The van der Waals surface area contributed by atoms with Crippen molar-refractivity contribution in [3.05, 3.63) is 143 Å².